The molecule has 0 saturated carbocycles. The molecule has 1 N–H and O–H groups in total. The van der Waals surface area contributed by atoms with Crippen molar-refractivity contribution in [3.63, 3.8) is 0 Å². The number of nitrogens with one attached hydrogen (secondary N) is 1. The molecule has 3 amide bonds. The minimum atomic E-state index is -0.705. The number of hydrogen-bond acceptors (Lipinski definition) is 4. The summed E-state index contributed by atoms with van der Waals surface area (Å²) in [4.78, 5) is 40.3. The lowest BCUT2D eigenvalue weighted by Gasteiger charge is -2.44. The number of benzene rings is 2. The van der Waals surface area contributed by atoms with E-state index in [1.54, 1.807) is 13.8 Å². The average molecular weight is 445 g/mol. The molecule has 0 aromatic heterocycles. The molecule has 7 nitrogen and oxygen atoms in total. The van der Waals surface area contributed by atoms with E-state index in [1.165, 1.54) is 48.1 Å². The van der Waals surface area contributed by atoms with Crippen molar-refractivity contribution in [2.24, 2.45) is 0 Å². The topological polar surface area (TPSA) is 79.0 Å². The number of anilines is 1. The van der Waals surface area contributed by atoms with E-state index in [0.29, 0.717) is 11.4 Å². The van der Waals surface area contributed by atoms with Crippen molar-refractivity contribution in [1.29, 1.82) is 0 Å². The fraction of sp³-hybridized carbons (Fsp3) is 0.348. The lowest BCUT2D eigenvalue weighted by atomic mass is 10.0. The van der Waals surface area contributed by atoms with Crippen LogP contribution in [0.4, 0.5) is 14.5 Å². The number of hydrogen-bond donors (Lipinski definition) is 1. The van der Waals surface area contributed by atoms with Crippen molar-refractivity contribution in [2.45, 2.75) is 32.9 Å². The van der Waals surface area contributed by atoms with Gasteiger partial charge < -0.3 is 19.9 Å². The van der Waals surface area contributed by atoms with Gasteiger partial charge in [0.2, 0.25) is 5.91 Å². The van der Waals surface area contributed by atoms with Crippen LogP contribution >= 0.6 is 0 Å². The first-order valence-corrected chi connectivity index (χ1v) is 10.1. The molecule has 2 aromatic carbocycles. The summed E-state index contributed by atoms with van der Waals surface area (Å²) in [6, 6.07) is 6.95. The third-order valence-corrected chi connectivity index (χ3v) is 5.36. The predicted octanol–water partition coefficient (Wildman–Crippen LogP) is 3.31. The second kappa shape index (κ2) is 9.33. The first-order chi connectivity index (χ1) is 15.1. The Hall–Kier alpha value is -3.49. The number of amides is 3. The lowest BCUT2D eigenvalue weighted by Crippen LogP contribution is -2.60. The normalized spacial score (nSPS) is 18.3. The summed E-state index contributed by atoms with van der Waals surface area (Å²) in [5, 5.41) is 2.53. The standard InChI is InChI=1S/C23H25F2N3O4/c1-13-11-27(22(30)19-9-16(26-15(3)29)5-8-20(19)24)12-14(2)28(13)23(31)18-7-6-17(32-4)10-21(18)25/h5-10,13-14H,11-12H2,1-4H3,(H,26,29)/t13-,14-/m1/s1. The van der Waals surface area contributed by atoms with Gasteiger partial charge in [0.15, 0.2) is 0 Å². The quantitative estimate of drug-likeness (QED) is 0.783. The van der Waals surface area contributed by atoms with Gasteiger partial charge in [-0.25, -0.2) is 8.78 Å². The molecular weight excluding hydrogens is 420 g/mol. The Kier molecular flexibility index (Phi) is 6.76. The van der Waals surface area contributed by atoms with E-state index in [0.717, 1.165) is 12.1 Å². The molecule has 0 spiro atoms. The van der Waals surface area contributed by atoms with E-state index < -0.39 is 35.5 Å². The van der Waals surface area contributed by atoms with Crippen LogP contribution < -0.4 is 10.1 Å². The maximum atomic E-state index is 14.4. The second-order valence-electron chi connectivity index (χ2n) is 7.84. The largest absolute Gasteiger partial charge is 0.497 e. The molecule has 170 valence electrons. The van der Waals surface area contributed by atoms with Crippen molar-refractivity contribution < 1.29 is 27.9 Å². The molecule has 3 rings (SSSR count). The van der Waals surface area contributed by atoms with E-state index in [4.69, 9.17) is 4.74 Å². The summed E-state index contributed by atoms with van der Waals surface area (Å²) in [7, 11) is 1.41. The van der Waals surface area contributed by atoms with Gasteiger partial charge in [-0.3, -0.25) is 14.4 Å². The number of carbonyl (C=O) groups excluding carboxylic acids is 3. The number of piperazine rings is 1. The van der Waals surface area contributed by atoms with Crippen molar-refractivity contribution in [3.05, 3.63) is 59.2 Å². The van der Waals surface area contributed by atoms with Crippen LogP contribution in [0, 0.1) is 11.6 Å². The number of halogens is 2. The third-order valence-electron chi connectivity index (χ3n) is 5.36. The molecule has 1 aliphatic rings. The van der Waals surface area contributed by atoms with Gasteiger partial charge in [-0.1, -0.05) is 0 Å². The molecule has 1 fully saturated rings. The van der Waals surface area contributed by atoms with Gasteiger partial charge >= 0.3 is 0 Å². The zero-order chi connectivity index (χ0) is 23.6. The predicted molar refractivity (Wildman–Crippen MR) is 115 cm³/mol. The fourth-order valence-corrected chi connectivity index (χ4v) is 3.96. The highest BCUT2D eigenvalue weighted by Crippen LogP contribution is 2.25. The lowest BCUT2D eigenvalue weighted by molar-refractivity contribution is -0.114. The molecule has 1 aliphatic heterocycles. The molecule has 9 heteroatoms. The molecule has 0 radical (unpaired) electrons. The van der Waals surface area contributed by atoms with Gasteiger partial charge in [-0.15, -0.1) is 0 Å². The van der Waals surface area contributed by atoms with Crippen molar-refractivity contribution in [3.8, 4) is 5.75 Å². The number of methoxy groups -OCH3 is 1. The number of nitrogens with zero attached hydrogens (tertiary/aromatic N) is 2. The molecule has 1 heterocycles. The van der Waals surface area contributed by atoms with E-state index >= 15 is 0 Å². The third kappa shape index (κ3) is 4.71. The zero-order valence-corrected chi connectivity index (χ0v) is 18.3. The summed E-state index contributed by atoms with van der Waals surface area (Å²) in [6.07, 6.45) is 0. The van der Waals surface area contributed by atoms with Crippen LogP contribution in [-0.2, 0) is 4.79 Å². The average Bonchev–Trinajstić information content (AvgIpc) is 2.73. The Morgan fingerprint density at radius 3 is 2.16 bits per heavy atom. The van der Waals surface area contributed by atoms with Crippen LogP contribution in [0.25, 0.3) is 0 Å². The van der Waals surface area contributed by atoms with Crippen LogP contribution in [0.3, 0.4) is 0 Å². The molecule has 1 saturated heterocycles. The van der Waals surface area contributed by atoms with Gasteiger partial charge in [0, 0.05) is 43.9 Å². The Morgan fingerprint density at radius 1 is 0.938 bits per heavy atom. The maximum Gasteiger partial charge on any atom is 0.257 e. The molecule has 2 atom stereocenters. The molecule has 0 unspecified atom stereocenters. The summed E-state index contributed by atoms with van der Waals surface area (Å²) in [5.41, 5.74) is 0.0575. The summed E-state index contributed by atoms with van der Waals surface area (Å²) >= 11 is 0. The van der Waals surface area contributed by atoms with E-state index in [2.05, 4.69) is 5.32 Å². The minimum absolute atomic E-state index is 0.0849. The summed E-state index contributed by atoms with van der Waals surface area (Å²) < 4.78 is 33.8. The van der Waals surface area contributed by atoms with Crippen molar-refractivity contribution in [1.82, 2.24) is 9.80 Å². The SMILES string of the molecule is COc1ccc(C(=O)N2[C@H](C)CN(C(=O)c3cc(NC(C)=O)ccc3F)C[C@H]2C)c(F)c1. The Balaban J connectivity index is 1.79. The molecular formula is C23H25F2N3O4. The molecule has 32 heavy (non-hydrogen) atoms. The monoisotopic (exact) mass is 445 g/mol. The summed E-state index contributed by atoms with van der Waals surface area (Å²) in [6.45, 7) is 5.11. The maximum absolute atomic E-state index is 14.4. The molecule has 0 aliphatic carbocycles. The van der Waals surface area contributed by atoms with Gasteiger partial charge in [-0.05, 0) is 44.2 Å². The summed E-state index contributed by atoms with van der Waals surface area (Å²) in [5.74, 6) is -2.46. The van der Waals surface area contributed by atoms with Crippen molar-refractivity contribution in [2.75, 3.05) is 25.5 Å². The van der Waals surface area contributed by atoms with Gasteiger partial charge in [-0.2, -0.15) is 0 Å². The first kappa shape index (κ1) is 23.2. The van der Waals surface area contributed by atoms with Crippen LogP contribution in [0.2, 0.25) is 0 Å². The Morgan fingerprint density at radius 2 is 1.59 bits per heavy atom. The van der Waals surface area contributed by atoms with Crippen LogP contribution in [0.15, 0.2) is 36.4 Å². The highest BCUT2D eigenvalue weighted by molar-refractivity contribution is 5.98. The minimum Gasteiger partial charge on any atom is -0.497 e. The van der Waals surface area contributed by atoms with Gasteiger partial charge in [0.25, 0.3) is 11.8 Å². The van der Waals surface area contributed by atoms with Crippen molar-refractivity contribution >= 4 is 23.4 Å². The van der Waals surface area contributed by atoms with Crippen LogP contribution in [-0.4, -0.2) is 59.8 Å². The number of rotatable bonds is 4. The second-order valence-corrected chi connectivity index (χ2v) is 7.84. The molecule has 0 bridgehead atoms. The molecule has 2 aromatic rings. The Labute approximate surface area is 184 Å². The fourth-order valence-electron chi connectivity index (χ4n) is 3.96. The van der Waals surface area contributed by atoms with Gasteiger partial charge in [0.1, 0.15) is 17.4 Å². The number of carbonyl (C=O) groups is 3. The Bertz CT molecular complexity index is 1050. The highest BCUT2D eigenvalue weighted by Gasteiger charge is 2.36. The first-order valence-electron chi connectivity index (χ1n) is 10.1. The highest BCUT2D eigenvalue weighted by atomic mass is 19.1. The van der Waals surface area contributed by atoms with Crippen LogP contribution in [0.5, 0.6) is 5.75 Å². The van der Waals surface area contributed by atoms with Crippen LogP contribution in [0.1, 0.15) is 41.5 Å². The van der Waals surface area contributed by atoms with E-state index in [-0.39, 0.29) is 30.1 Å². The smallest absolute Gasteiger partial charge is 0.257 e. The zero-order valence-electron chi connectivity index (χ0n) is 18.3. The van der Waals surface area contributed by atoms with E-state index in [1.807, 2.05) is 0 Å². The van der Waals surface area contributed by atoms with E-state index in [9.17, 15) is 23.2 Å². The number of ether oxygens (including phenoxy) is 1. The van der Waals surface area contributed by atoms with Gasteiger partial charge in [0.05, 0.1) is 18.2 Å².